The second kappa shape index (κ2) is 31.8. The van der Waals surface area contributed by atoms with Gasteiger partial charge in [0.15, 0.2) is 6.29 Å². The number of rotatable bonds is 34. The summed E-state index contributed by atoms with van der Waals surface area (Å²) in [6.07, 6.45) is 33.3. The summed E-state index contributed by atoms with van der Waals surface area (Å²) in [5, 5.41) is 21.1. The predicted molar refractivity (Wildman–Crippen MR) is 186 cm³/mol. The highest BCUT2D eigenvalue weighted by Crippen LogP contribution is 2.14. The normalized spacial score (nSPS) is 13.5. The maximum atomic E-state index is 11.9. The number of esters is 1. The van der Waals surface area contributed by atoms with E-state index in [2.05, 4.69) is 31.2 Å². The summed E-state index contributed by atoms with van der Waals surface area (Å²) in [7, 11) is 5.87. The van der Waals surface area contributed by atoms with Gasteiger partial charge in [-0.15, -0.1) is 0 Å². The molecule has 0 aliphatic heterocycles. The van der Waals surface area contributed by atoms with Gasteiger partial charge in [-0.25, -0.2) is 0 Å². The lowest BCUT2D eigenvalue weighted by Gasteiger charge is -2.26. The number of aliphatic hydroxyl groups excluding tert-OH is 1. The molecule has 0 aliphatic carbocycles. The number of aliphatic hydroxyl groups is 1. The van der Waals surface area contributed by atoms with Crippen molar-refractivity contribution in [3.63, 3.8) is 0 Å². The Morgan fingerprint density at radius 1 is 0.674 bits per heavy atom. The van der Waals surface area contributed by atoms with Crippen LogP contribution in [0.1, 0.15) is 148 Å². The fraction of sp³-hybridized carbons (Fsp3) is 0.842. The van der Waals surface area contributed by atoms with Gasteiger partial charge in [0.2, 0.25) is 0 Å². The van der Waals surface area contributed by atoms with Crippen molar-refractivity contribution in [2.75, 3.05) is 47.5 Å². The highest BCUT2D eigenvalue weighted by Gasteiger charge is 2.17. The molecule has 0 spiro atoms. The summed E-state index contributed by atoms with van der Waals surface area (Å²) in [6, 6.07) is 0. The van der Waals surface area contributed by atoms with Crippen molar-refractivity contribution in [1.82, 2.24) is 0 Å². The lowest BCUT2D eigenvalue weighted by molar-refractivity contribution is -0.870. The molecule has 2 unspecified atom stereocenters. The number of ether oxygens (including phenoxy) is 3. The average Bonchev–Trinajstić information content (AvgIpc) is 3.00. The van der Waals surface area contributed by atoms with Gasteiger partial charge in [0.25, 0.3) is 0 Å². The molecule has 0 aliphatic rings. The number of carbonyl (C=O) groups excluding carboxylic acids is 2. The Balaban J connectivity index is 3.49. The van der Waals surface area contributed by atoms with E-state index in [0.717, 1.165) is 25.7 Å². The molecule has 270 valence electrons. The quantitative estimate of drug-likeness (QED) is 0.0253. The molecule has 0 aromatic rings. The Bertz CT molecular complexity index is 763. The van der Waals surface area contributed by atoms with Crippen LogP contribution in [0.15, 0.2) is 24.3 Å². The zero-order valence-electron chi connectivity index (χ0n) is 30.2. The molecule has 0 fully saturated rings. The number of unbranched alkanes of at least 4 members (excludes halogenated alkanes) is 18. The van der Waals surface area contributed by atoms with E-state index in [1.165, 1.54) is 109 Å². The topological polar surface area (TPSA) is 105 Å². The molecule has 0 aromatic carbocycles. The van der Waals surface area contributed by atoms with Gasteiger partial charge in [-0.2, -0.15) is 0 Å². The Morgan fingerprint density at radius 3 is 1.63 bits per heavy atom. The molecule has 0 heterocycles. The second-order valence-electron chi connectivity index (χ2n) is 13.7. The zero-order valence-corrected chi connectivity index (χ0v) is 30.2. The molecule has 2 atom stereocenters. The maximum absolute atomic E-state index is 11.9. The Morgan fingerprint density at radius 2 is 1.15 bits per heavy atom. The molecule has 1 N–H and O–H groups in total. The first-order valence-electron chi connectivity index (χ1n) is 18.5. The first-order valence-corrected chi connectivity index (χ1v) is 18.5. The third kappa shape index (κ3) is 33.6. The van der Waals surface area contributed by atoms with E-state index in [4.69, 9.17) is 14.2 Å². The molecular weight excluding hydrogens is 582 g/mol. The standard InChI is InChI=1S/C38H71NO7/c1-5-6-7-8-9-10-11-12-13-14-15-16-17-18-19-20-21-22-23-24-25-26-27-28-29-30-36(41)45-33-35(40)34-46-38(37(42)43)44-32-31-39(2,3)4/h11-12,14-15,35,38,40H,5-10,13,16-34H2,1-4H3/b12-11-,15-14-. The molecule has 0 rings (SSSR count). The van der Waals surface area contributed by atoms with Crippen molar-refractivity contribution in [3.8, 4) is 0 Å². The number of aliphatic carboxylic acids is 1. The molecule has 46 heavy (non-hydrogen) atoms. The SMILES string of the molecule is CCCCCCC/C=C\C/C=C\CCCCCCCCCCCCCCCC(=O)OCC(O)COC(OCC[N+](C)(C)C)C(=O)[O-]. The third-order valence-corrected chi connectivity index (χ3v) is 7.93. The number of carbonyl (C=O) groups is 2. The van der Waals surface area contributed by atoms with Crippen LogP contribution in [-0.4, -0.2) is 81.4 Å². The molecule has 0 amide bonds. The van der Waals surface area contributed by atoms with E-state index in [0.29, 0.717) is 17.4 Å². The fourth-order valence-corrected chi connectivity index (χ4v) is 4.97. The summed E-state index contributed by atoms with van der Waals surface area (Å²) in [5.41, 5.74) is 0. The fourth-order valence-electron chi connectivity index (χ4n) is 4.97. The summed E-state index contributed by atoms with van der Waals surface area (Å²) >= 11 is 0. The molecule has 0 radical (unpaired) electrons. The van der Waals surface area contributed by atoms with E-state index < -0.39 is 18.4 Å². The van der Waals surface area contributed by atoms with Crippen molar-refractivity contribution in [2.45, 2.75) is 161 Å². The van der Waals surface area contributed by atoms with Gasteiger partial charge in [-0.1, -0.05) is 128 Å². The largest absolute Gasteiger partial charge is 0.545 e. The van der Waals surface area contributed by atoms with E-state index >= 15 is 0 Å². The minimum atomic E-state index is -1.57. The van der Waals surface area contributed by atoms with Gasteiger partial charge in [-0.3, -0.25) is 4.79 Å². The highest BCUT2D eigenvalue weighted by atomic mass is 16.7. The number of quaternary nitrogens is 1. The third-order valence-electron chi connectivity index (χ3n) is 7.93. The number of likely N-dealkylation sites (N-methyl/N-ethyl adjacent to an activating group) is 1. The molecule has 8 nitrogen and oxygen atoms in total. The van der Waals surface area contributed by atoms with Crippen LogP contribution < -0.4 is 5.11 Å². The molecule has 0 saturated heterocycles. The molecule has 0 saturated carbocycles. The van der Waals surface area contributed by atoms with Crippen LogP contribution in [0.4, 0.5) is 0 Å². The van der Waals surface area contributed by atoms with Gasteiger partial charge >= 0.3 is 5.97 Å². The van der Waals surface area contributed by atoms with Crippen molar-refractivity contribution >= 4 is 11.9 Å². The van der Waals surface area contributed by atoms with Gasteiger partial charge in [-0.05, 0) is 38.5 Å². The van der Waals surface area contributed by atoms with Crippen molar-refractivity contribution in [2.24, 2.45) is 0 Å². The monoisotopic (exact) mass is 654 g/mol. The first-order chi connectivity index (χ1) is 22.2. The van der Waals surface area contributed by atoms with Crippen LogP contribution in [0.2, 0.25) is 0 Å². The predicted octanol–water partition coefficient (Wildman–Crippen LogP) is 7.42. The molecule has 0 bridgehead atoms. The minimum Gasteiger partial charge on any atom is -0.545 e. The maximum Gasteiger partial charge on any atom is 0.305 e. The number of nitrogens with zero attached hydrogens (tertiary/aromatic N) is 1. The number of allylic oxidation sites excluding steroid dienone is 4. The van der Waals surface area contributed by atoms with Gasteiger partial charge in [0.1, 0.15) is 19.3 Å². The van der Waals surface area contributed by atoms with Crippen molar-refractivity contribution in [1.29, 1.82) is 0 Å². The van der Waals surface area contributed by atoms with E-state index in [9.17, 15) is 19.8 Å². The van der Waals surface area contributed by atoms with Gasteiger partial charge in [0.05, 0.1) is 40.3 Å². The number of hydrogen-bond donors (Lipinski definition) is 1. The van der Waals surface area contributed by atoms with Crippen LogP contribution in [-0.2, 0) is 23.8 Å². The van der Waals surface area contributed by atoms with Crippen LogP contribution in [0.5, 0.6) is 0 Å². The Hall–Kier alpha value is -1.74. The van der Waals surface area contributed by atoms with Gasteiger partial charge in [0, 0.05) is 6.42 Å². The molecular formula is C38H71NO7. The van der Waals surface area contributed by atoms with Crippen LogP contribution in [0, 0.1) is 0 Å². The van der Waals surface area contributed by atoms with Crippen molar-refractivity contribution < 1.29 is 38.5 Å². The Kier molecular flexibility index (Phi) is 30.6. The average molecular weight is 654 g/mol. The molecule has 0 aromatic heterocycles. The number of carboxylic acids is 1. The highest BCUT2D eigenvalue weighted by molar-refractivity contribution is 5.69. The summed E-state index contributed by atoms with van der Waals surface area (Å²) in [4.78, 5) is 23.1. The number of hydrogen-bond acceptors (Lipinski definition) is 7. The van der Waals surface area contributed by atoms with E-state index in [1.807, 2.05) is 21.1 Å². The lowest BCUT2D eigenvalue weighted by Crippen LogP contribution is -2.44. The first kappa shape index (κ1) is 44.3. The second-order valence-corrected chi connectivity index (χ2v) is 13.7. The van der Waals surface area contributed by atoms with Crippen LogP contribution >= 0.6 is 0 Å². The molecule has 8 heteroatoms. The van der Waals surface area contributed by atoms with E-state index in [-0.39, 0.29) is 25.8 Å². The van der Waals surface area contributed by atoms with Crippen molar-refractivity contribution in [3.05, 3.63) is 24.3 Å². The lowest BCUT2D eigenvalue weighted by atomic mass is 10.0. The van der Waals surface area contributed by atoms with E-state index in [1.54, 1.807) is 0 Å². The summed E-state index contributed by atoms with van der Waals surface area (Å²) in [6.45, 7) is 2.45. The number of carboxylic acid groups (broad SMARTS) is 1. The smallest absolute Gasteiger partial charge is 0.305 e. The zero-order chi connectivity index (χ0) is 34.1. The summed E-state index contributed by atoms with van der Waals surface area (Å²) < 4.78 is 16.0. The van der Waals surface area contributed by atoms with Crippen LogP contribution in [0.25, 0.3) is 0 Å². The van der Waals surface area contributed by atoms with Gasteiger partial charge < -0.3 is 33.7 Å². The Labute approximate surface area is 282 Å². The minimum absolute atomic E-state index is 0.171. The van der Waals surface area contributed by atoms with Crippen LogP contribution in [0.3, 0.4) is 0 Å². The summed E-state index contributed by atoms with van der Waals surface area (Å²) in [5.74, 6) is -1.87.